The van der Waals surface area contributed by atoms with Crippen LogP contribution >= 0.6 is 0 Å². The summed E-state index contributed by atoms with van der Waals surface area (Å²) in [4.78, 5) is 26.6. The maximum absolute atomic E-state index is 13.0. The summed E-state index contributed by atoms with van der Waals surface area (Å²) in [5, 5.41) is 6.09. The maximum Gasteiger partial charge on any atom is 0.274 e. The highest BCUT2D eigenvalue weighted by atomic mass is 16.5. The van der Waals surface area contributed by atoms with E-state index < -0.39 is 6.04 Å². The monoisotopic (exact) mass is 381 g/mol. The van der Waals surface area contributed by atoms with Gasteiger partial charge in [0, 0.05) is 25.2 Å². The van der Waals surface area contributed by atoms with Gasteiger partial charge in [0.25, 0.3) is 5.91 Å². The normalized spacial score (nSPS) is 15.8. The Morgan fingerprint density at radius 2 is 1.75 bits per heavy atom. The fraction of sp³-hybridized carbons (Fsp3) is 0.286. The van der Waals surface area contributed by atoms with Crippen LogP contribution < -0.4 is 19.4 Å². The van der Waals surface area contributed by atoms with Crippen LogP contribution in [-0.2, 0) is 9.59 Å². The number of para-hydroxylation sites is 1. The number of ketones is 1. The number of hydrogen-bond donors (Lipinski definition) is 0. The Kier molecular flexibility index (Phi) is 5.63. The average Bonchev–Trinajstić information content (AvgIpc) is 3.18. The van der Waals surface area contributed by atoms with Gasteiger partial charge in [-0.2, -0.15) is 5.10 Å². The average molecular weight is 381 g/mol. The van der Waals surface area contributed by atoms with Gasteiger partial charge in [0.15, 0.2) is 17.3 Å². The molecule has 0 bridgehead atoms. The van der Waals surface area contributed by atoms with E-state index in [9.17, 15) is 9.59 Å². The molecule has 1 unspecified atom stereocenters. The molecule has 1 aliphatic rings. The highest BCUT2D eigenvalue weighted by molar-refractivity contribution is 6.44. The van der Waals surface area contributed by atoms with Crippen molar-refractivity contribution in [2.45, 2.75) is 19.4 Å². The summed E-state index contributed by atoms with van der Waals surface area (Å²) in [7, 11) is 4.76. The largest absolute Gasteiger partial charge is 0.493 e. The minimum absolute atomic E-state index is 0.0378. The first-order valence-corrected chi connectivity index (χ1v) is 8.88. The molecule has 1 atom stereocenters. The van der Waals surface area contributed by atoms with Gasteiger partial charge in [0.2, 0.25) is 0 Å². The third kappa shape index (κ3) is 3.69. The van der Waals surface area contributed by atoms with Crippen molar-refractivity contribution in [2.24, 2.45) is 5.10 Å². The van der Waals surface area contributed by atoms with Gasteiger partial charge in [-0.05, 0) is 31.2 Å². The molecule has 0 N–H and O–H groups in total. The molecule has 7 heteroatoms. The van der Waals surface area contributed by atoms with E-state index in [4.69, 9.17) is 9.47 Å². The van der Waals surface area contributed by atoms with Crippen molar-refractivity contribution in [3.05, 3.63) is 48.5 Å². The number of Topliss-reactive ketones (excluding diaryl/α,β-unsaturated/α-hetero) is 1. The van der Waals surface area contributed by atoms with E-state index in [0.29, 0.717) is 22.9 Å². The smallest absolute Gasteiger partial charge is 0.274 e. The molecule has 0 radical (unpaired) electrons. The van der Waals surface area contributed by atoms with Gasteiger partial charge in [-0.3, -0.25) is 14.6 Å². The number of amides is 1. The number of methoxy groups -OCH3 is 2. The number of ether oxygens (including phenoxy) is 2. The molecule has 0 fully saturated rings. The lowest BCUT2D eigenvalue weighted by molar-refractivity contribution is -0.118. The van der Waals surface area contributed by atoms with Gasteiger partial charge in [0.1, 0.15) is 11.8 Å². The maximum atomic E-state index is 13.0. The van der Waals surface area contributed by atoms with Crippen LogP contribution in [-0.4, -0.2) is 44.7 Å². The summed E-state index contributed by atoms with van der Waals surface area (Å²) >= 11 is 0. The lowest BCUT2D eigenvalue weighted by Crippen LogP contribution is -2.35. The number of carbonyl (C=O) groups excluding carboxylic acids is 2. The van der Waals surface area contributed by atoms with Gasteiger partial charge in [-0.1, -0.05) is 18.2 Å². The second kappa shape index (κ2) is 8.12. The predicted octanol–water partition coefficient (Wildman–Crippen LogP) is 2.89. The van der Waals surface area contributed by atoms with Crippen LogP contribution in [0, 0.1) is 0 Å². The second-order valence-electron chi connectivity index (χ2n) is 6.46. The van der Waals surface area contributed by atoms with Crippen molar-refractivity contribution in [3.8, 4) is 11.5 Å². The molecule has 1 heterocycles. The number of nitrogens with zero attached hydrogens (tertiary/aromatic N) is 3. The molecule has 2 aromatic rings. The molecule has 0 saturated heterocycles. The first kappa shape index (κ1) is 19.4. The Labute approximate surface area is 164 Å². The van der Waals surface area contributed by atoms with Crippen molar-refractivity contribution < 1.29 is 19.1 Å². The number of anilines is 2. The lowest BCUT2D eigenvalue weighted by atomic mass is 10.1. The Balaban J connectivity index is 1.88. The minimum Gasteiger partial charge on any atom is -0.493 e. The van der Waals surface area contributed by atoms with E-state index in [-0.39, 0.29) is 18.1 Å². The number of rotatable bonds is 6. The number of hydrogen-bond acceptors (Lipinski definition) is 6. The third-order valence-corrected chi connectivity index (χ3v) is 4.71. The van der Waals surface area contributed by atoms with Gasteiger partial charge in [0.05, 0.1) is 19.9 Å². The second-order valence-corrected chi connectivity index (χ2v) is 6.46. The van der Waals surface area contributed by atoms with Gasteiger partial charge in [-0.15, -0.1) is 0 Å². The van der Waals surface area contributed by atoms with Crippen LogP contribution in [0.15, 0.2) is 53.6 Å². The molecule has 2 aromatic carbocycles. The summed E-state index contributed by atoms with van der Waals surface area (Å²) in [5.74, 6) is 0.804. The summed E-state index contributed by atoms with van der Waals surface area (Å²) in [6.07, 6.45) is 0.265. The molecule has 146 valence electrons. The van der Waals surface area contributed by atoms with Crippen molar-refractivity contribution in [1.82, 2.24) is 0 Å². The summed E-state index contributed by atoms with van der Waals surface area (Å²) in [5.41, 5.74) is 1.75. The Morgan fingerprint density at radius 1 is 1.07 bits per heavy atom. The van der Waals surface area contributed by atoms with Crippen LogP contribution in [0.3, 0.4) is 0 Å². The van der Waals surface area contributed by atoms with Crippen molar-refractivity contribution >= 4 is 28.8 Å². The first-order chi connectivity index (χ1) is 13.5. The molecule has 1 amide bonds. The van der Waals surface area contributed by atoms with Crippen molar-refractivity contribution in [3.63, 3.8) is 0 Å². The lowest BCUT2D eigenvalue weighted by Gasteiger charge is -2.20. The molecule has 28 heavy (non-hydrogen) atoms. The minimum atomic E-state index is -0.486. The van der Waals surface area contributed by atoms with E-state index in [1.165, 1.54) is 11.8 Å². The third-order valence-electron chi connectivity index (χ3n) is 4.71. The van der Waals surface area contributed by atoms with Gasteiger partial charge < -0.3 is 14.4 Å². The van der Waals surface area contributed by atoms with Crippen LogP contribution in [0.1, 0.15) is 13.3 Å². The van der Waals surface area contributed by atoms with Gasteiger partial charge >= 0.3 is 0 Å². The van der Waals surface area contributed by atoms with E-state index in [0.717, 1.165) is 5.69 Å². The van der Waals surface area contributed by atoms with Crippen molar-refractivity contribution in [2.75, 3.05) is 31.2 Å². The standard InChI is InChI=1S/C21H23N3O4/c1-14(25)18-13-17(22-24(18)15-8-6-5-7-9-15)21(26)23(2)16-10-11-19(27-3)20(12-16)28-4/h5-12,18H,13H2,1-4H3. The van der Waals surface area contributed by atoms with E-state index in [2.05, 4.69) is 5.10 Å². The van der Waals surface area contributed by atoms with Crippen LogP contribution in [0.4, 0.5) is 11.4 Å². The topological polar surface area (TPSA) is 71.4 Å². The molecule has 0 aliphatic carbocycles. The quantitative estimate of drug-likeness (QED) is 0.769. The van der Waals surface area contributed by atoms with Crippen LogP contribution in [0.5, 0.6) is 11.5 Å². The highest BCUT2D eigenvalue weighted by Gasteiger charge is 2.35. The molecule has 0 aromatic heterocycles. The molecule has 7 nitrogen and oxygen atoms in total. The zero-order valence-corrected chi connectivity index (χ0v) is 16.4. The molecule has 3 rings (SSSR count). The van der Waals surface area contributed by atoms with E-state index >= 15 is 0 Å². The summed E-state index contributed by atoms with van der Waals surface area (Å²) in [6.45, 7) is 1.52. The fourth-order valence-electron chi connectivity index (χ4n) is 3.12. The first-order valence-electron chi connectivity index (χ1n) is 8.88. The highest BCUT2D eigenvalue weighted by Crippen LogP contribution is 2.32. The fourth-order valence-corrected chi connectivity index (χ4v) is 3.12. The molecule has 0 spiro atoms. The molecular formula is C21H23N3O4. The Morgan fingerprint density at radius 3 is 2.36 bits per heavy atom. The summed E-state index contributed by atoms with van der Waals surface area (Å²) < 4.78 is 10.5. The Bertz CT molecular complexity index is 911. The molecule has 0 saturated carbocycles. The van der Waals surface area contributed by atoms with Crippen molar-refractivity contribution in [1.29, 1.82) is 0 Å². The van der Waals surface area contributed by atoms with Gasteiger partial charge in [-0.25, -0.2) is 0 Å². The molecule has 1 aliphatic heterocycles. The molecular weight excluding hydrogens is 358 g/mol. The summed E-state index contributed by atoms with van der Waals surface area (Å²) in [6, 6.07) is 14.1. The van der Waals surface area contributed by atoms with E-state index in [1.54, 1.807) is 44.5 Å². The SMILES string of the molecule is COc1ccc(N(C)C(=O)C2=NN(c3ccccc3)C(C(C)=O)C2)cc1OC. The Hall–Kier alpha value is -3.35. The van der Waals surface area contributed by atoms with Crippen LogP contribution in [0.2, 0.25) is 0 Å². The van der Waals surface area contributed by atoms with Crippen LogP contribution in [0.25, 0.3) is 0 Å². The van der Waals surface area contributed by atoms with E-state index in [1.807, 2.05) is 30.3 Å². The zero-order valence-electron chi connectivity index (χ0n) is 16.4. The number of hydrazone groups is 1. The number of benzene rings is 2. The predicted molar refractivity (Wildman–Crippen MR) is 108 cm³/mol. The zero-order chi connectivity index (χ0) is 20.3. The number of carbonyl (C=O) groups is 2.